The maximum Gasteiger partial charge on any atom is 0.411 e. The zero-order chi connectivity index (χ0) is 22.6. The van der Waals surface area contributed by atoms with Crippen LogP contribution in [0.1, 0.15) is 58.8 Å². The number of ether oxygens (including phenoxy) is 2. The number of carbonyl (C=O) groups excluding carboxylic acids is 3. The van der Waals surface area contributed by atoms with Crippen LogP contribution in [0.15, 0.2) is 42.5 Å². The molecule has 164 valence electrons. The lowest BCUT2D eigenvalue weighted by atomic mass is 10.1. The van der Waals surface area contributed by atoms with E-state index in [1.54, 1.807) is 17.0 Å². The van der Waals surface area contributed by atoms with Gasteiger partial charge in [-0.3, -0.25) is 14.5 Å². The Morgan fingerprint density at radius 3 is 2.53 bits per heavy atom. The highest BCUT2D eigenvalue weighted by Crippen LogP contribution is 2.54. The number of aromatic nitrogens is 1. The normalized spacial score (nSPS) is 18.8. The van der Waals surface area contributed by atoms with Gasteiger partial charge in [0.25, 0.3) is 0 Å². The lowest BCUT2D eigenvalue weighted by Crippen LogP contribution is -2.29. The molecule has 3 heterocycles. The van der Waals surface area contributed by atoms with Crippen molar-refractivity contribution < 1.29 is 23.9 Å². The number of nitrogens with zero attached hydrogens (tertiary/aromatic N) is 2. The molecule has 32 heavy (non-hydrogen) atoms. The first-order valence-electron chi connectivity index (χ1n) is 10.6. The van der Waals surface area contributed by atoms with Crippen molar-refractivity contribution >= 4 is 29.6 Å². The van der Waals surface area contributed by atoms with Crippen molar-refractivity contribution in [1.82, 2.24) is 9.47 Å². The van der Waals surface area contributed by atoms with Crippen LogP contribution < -0.4 is 4.74 Å². The van der Waals surface area contributed by atoms with Crippen molar-refractivity contribution in [3.63, 3.8) is 0 Å². The van der Waals surface area contributed by atoms with Gasteiger partial charge in [0.1, 0.15) is 24.2 Å². The SMILES string of the molecule is CC(C)(C)OC(=O)N1C2Cn3c(c(C=O)c4c(OCc5ccccc5)cc(C=O)cc43)[C@H]21. The van der Waals surface area contributed by atoms with Gasteiger partial charge in [-0.25, -0.2) is 4.79 Å². The van der Waals surface area contributed by atoms with Crippen LogP contribution in [-0.4, -0.2) is 39.8 Å². The smallest absolute Gasteiger partial charge is 0.411 e. The average Bonchev–Trinajstić information content (AvgIpc) is 3.20. The predicted molar refractivity (Wildman–Crippen MR) is 118 cm³/mol. The van der Waals surface area contributed by atoms with Gasteiger partial charge in [-0.15, -0.1) is 0 Å². The molecular formula is C25H24N2O5. The Balaban J connectivity index is 1.55. The summed E-state index contributed by atoms with van der Waals surface area (Å²) in [6.45, 7) is 6.34. The second-order valence-electron chi connectivity index (χ2n) is 9.23. The summed E-state index contributed by atoms with van der Waals surface area (Å²) in [4.78, 5) is 38.1. The molecule has 7 nitrogen and oxygen atoms in total. The Hall–Kier alpha value is -3.61. The average molecular weight is 432 g/mol. The fourth-order valence-electron chi connectivity index (χ4n) is 4.59. The van der Waals surface area contributed by atoms with Gasteiger partial charge in [-0.05, 0) is 38.5 Å². The molecule has 0 radical (unpaired) electrons. The molecule has 0 N–H and O–H groups in total. The van der Waals surface area contributed by atoms with E-state index in [-0.39, 0.29) is 18.2 Å². The quantitative estimate of drug-likeness (QED) is 0.438. The highest BCUT2D eigenvalue weighted by molar-refractivity contribution is 6.05. The fraction of sp³-hybridized carbons (Fsp3) is 0.320. The number of fused-ring (bicyclic) bond motifs is 5. The van der Waals surface area contributed by atoms with Crippen molar-refractivity contribution in [3.05, 3.63) is 64.8 Å². The van der Waals surface area contributed by atoms with E-state index in [0.29, 0.717) is 35.4 Å². The maximum atomic E-state index is 12.6. The lowest BCUT2D eigenvalue weighted by molar-refractivity contribution is 0.0383. The first-order valence-corrected chi connectivity index (χ1v) is 10.6. The van der Waals surface area contributed by atoms with E-state index in [1.807, 2.05) is 55.7 Å². The van der Waals surface area contributed by atoms with Crippen molar-refractivity contribution in [3.8, 4) is 5.75 Å². The van der Waals surface area contributed by atoms with E-state index in [9.17, 15) is 14.4 Å². The van der Waals surface area contributed by atoms with Crippen molar-refractivity contribution in [2.45, 2.75) is 51.6 Å². The summed E-state index contributed by atoms with van der Waals surface area (Å²) in [5, 5.41) is 0.672. The molecule has 7 heteroatoms. The highest BCUT2D eigenvalue weighted by Gasteiger charge is 2.60. The monoisotopic (exact) mass is 432 g/mol. The molecule has 1 saturated heterocycles. The van der Waals surface area contributed by atoms with Crippen LogP contribution in [0.2, 0.25) is 0 Å². The van der Waals surface area contributed by atoms with Gasteiger partial charge in [0.2, 0.25) is 0 Å². The van der Waals surface area contributed by atoms with Gasteiger partial charge in [0.15, 0.2) is 6.29 Å². The molecule has 1 fully saturated rings. The van der Waals surface area contributed by atoms with Crippen molar-refractivity contribution in [1.29, 1.82) is 0 Å². The Kier molecular flexibility index (Phi) is 4.58. The summed E-state index contributed by atoms with van der Waals surface area (Å²) in [5.74, 6) is 0.485. The Morgan fingerprint density at radius 2 is 1.88 bits per heavy atom. The first kappa shape index (κ1) is 20.3. The molecule has 2 aliphatic heterocycles. The summed E-state index contributed by atoms with van der Waals surface area (Å²) >= 11 is 0. The molecule has 2 atom stereocenters. The number of aldehydes is 2. The highest BCUT2D eigenvalue weighted by atomic mass is 16.6. The van der Waals surface area contributed by atoms with Crippen molar-refractivity contribution in [2.24, 2.45) is 0 Å². The zero-order valence-corrected chi connectivity index (χ0v) is 18.2. The maximum absolute atomic E-state index is 12.6. The first-order chi connectivity index (χ1) is 15.3. The van der Waals surface area contributed by atoms with Gasteiger partial charge in [-0.2, -0.15) is 0 Å². The molecule has 1 aromatic heterocycles. The van der Waals surface area contributed by atoms with E-state index >= 15 is 0 Å². The minimum Gasteiger partial charge on any atom is -0.488 e. The molecule has 0 aliphatic carbocycles. The molecule has 1 amide bonds. The van der Waals surface area contributed by atoms with Crippen LogP contribution in [-0.2, 0) is 17.9 Å². The lowest BCUT2D eigenvalue weighted by Gasteiger charge is -2.21. The summed E-state index contributed by atoms with van der Waals surface area (Å²) in [6, 6.07) is 12.9. The van der Waals surface area contributed by atoms with Crippen LogP contribution in [0.3, 0.4) is 0 Å². The molecule has 5 rings (SSSR count). The van der Waals surface area contributed by atoms with Gasteiger partial charge < -0.3 is 14.0 Å². The van der Waals surface area contributed by atoms with Gasteiger partial charge in [0.05, 0.1) is 28.7 Å². The van der Waals surface area contributed by atoms with Crippen LogP contribution in [0.4, 0.5) is 4.79 Å². The van der Waals surface area contributed by atoms with Crippen LogP contribution >= 0.6 is 0 Å². The Labute approximate surface area is 185 Å². The molecule has 1 unspecified atom stereocenters. The molecule has 2 aromatic carbocycles. The Morgan fingerprint density at radius 1 is 1.12 bits per heavy atom. The van der Waals surface area contributed by atoms with E-state index in [2.05, 4.69) is 0 Å². The number of carbonyl (C=O) groups is 3. The standard InChI is InChI=1S/C25H24N2O5/c1-25(2,3)32-24(30)27-19-11-26-18-9-16(12-28)10-20(31-14-15-7-5-4-6-8-15)21(18)17(13-29)22(26)23(19)27/h4-10,12-13,19,23H,11,14H2,1-3H3/t19?,23-,27?/m0/s1. The number of hydrogen-bond acceptors (Lipinski definition) is 5. The second kappa shape index (κ2) is 7.22. The minimum absolute atomic E-state index is 0.0449. The molecule has 0 bridgehead atoms. The van der Waals surface area contributed by atoms with Gasteiger partial charge in [0, 0.05) is 17.7 Å². The van der Waals surface area contributed by atoms with E-state index in [1.165, 1.54) is 0 Å². The summed E-state index contributed by atoms with van der Waals surface area (Å²) in [6.07, 6.45) is 1.21. The van der Waals surface area contributed by atoms with E-state index in [0.717, 1.165) is 29.3 Å². The second-order valence-corrected chi connectivity index (χ2v) is 9.23. The summed E-state index contributed by atoms with van der Waals surface area (Å²) in [5.41, 5.74) is 2.91. The fourth-order valence-corrected chi connectivity index (χ4v) is 4.59. The third-order valence-electron chi connectivity index (χ3n) is 5.91. The zero-order valence-electron chi connectivity index (χ0n) is 18.2. The molecule has 2 aliphatic rings. The van der Waals surface area contributed by atoms with E-state index < -0.39 is 5.60 Å². The number of rotatable bonds is 5. The number of benzene rings is 2. The molecule has 0 spiro atoms. The summed E-state index contributed by atoms with van der Waals surface area (Å²) < 4.78 is 13.6. The number of amides is 1. The minimum atomic E-state index is -0.592. The van der Waals surface area contributed by atoms with Crippen LogP contribution in [0, 0.1) is 0 Å². The van der Waals surface area contributed by atoms with Gasteiger partial charge in [-0.1, -0.05) is 30.3 Å². The predicted octanol–water partition coefficient (Wildman–Crippen LogP) is 4.52. The molecule has 3 aromatic rings. The number of hydrogen-bond donors (Lipinski definition) is 0. The van der Waals surface area contributed by atoms with Crippen molar-refractivity contribution in [2.75, 3.05) is 0 Å². The third-order valence-corrected chi connectivity index (χ3v) is 5.91. The summed E-state index contributed by atoms with van der Waals surface area (Å²) in [7, 11) is 0. The largest absolute Gasteiger partial charge is 0.488 e. The van der Waals surface area contributed by atoms with Crippen LogP contribution in [0.25, 0.3) is 10.9 Å². The molecular weight excluding hydrogens is 408 g/mol. The third kappa shape index (κ3) is 3.25. The van der Waals surface area contributed by atoms with E-state index in [4.69, 9.17) is 9.47 Å². The Bertz CT molecular complexity index is 1240. The molecule has 0 saturated carbocycles. The van der Waals surface area contributed by atoms with Gasteiger partial charge >= 0.3 is 6.09 Å². The topological polar surface area (TPSA) is 77.6 Å². The van der Waals surface area contributed by atoms with Crippen LogP contribution in [0.5, 0.6) is 5.75 Å².